The Balaban J connectivity index is 3.10. The van der Waals surface area contributed by atoms with Crippen molar-refractivity contribution in [3.63, 3.8) is 0 Å². The van der Waals surface area contributed by atoms with E-state index in [9.17, 15) is 9.59 Å². The van der Waals surface area contributed by atoms with Gasteiger partial charge in [0.25, 0.3) is 0 Å². The highest BCUT2D eigenvalue weighted by Crippen LogP contribution is 2.03. The van der Waals surface area contributed by atoms with Gasteiger partial charge in [0.15, 0.2) is 0 Å². The predicted octanol–water partition coefficient (Wildman–Crippen LogP) is 2.99. The van der Waals surface area contributed by atoms with E-state index in [0.29, 0.717) is 132 Å². The first-order valence-corrected chi connectivity index (χ1v) is 16.2. The van der Waals surface area contributed by atoms with Gasteiger partial charge in [-0.2, -0.15) is 0 Å². The van der Waals surface area contributed by atoms with Crippen LogP contribution in [0.3, 0.4) is 0 Å². The van der Waals surface area contributed by atoms with Crippen LogP contribution in [-0.2, 0) is 61.7 Å². The molecule has 0 aromatic rings. The third kappa shape index (κ3) is 36.8. The van der Waals surface area contributed by atoms with Crippen LogP contribution >= 0.6 is 0 Å². The summed E-state index contributed by atoms with van der Waals surface area (Å²) in [7, 11) is 0. The molecule has 0 amide bonds. The molecule has 0 unspecified atom stereocenters. The molecule has 0 aliphatic carbocycles. The van der Waals surface area contributed by atoms with E-state index in [1.54, 1.807) is 0 Å². The fourth-order valence-corrected chi connectivity index (χ4v) is 3.33. The van der Waals surface area contributed by atoms with Crippen molar-refractivity contribution in [2.24, 2.45) is 0 Å². The van der Waals surface area contributed by atoms with Gasteiger partial charge >= 0.3 is 11.9 Å². The zero-order valence-corrected chi connectivity index (χ0v) is 27.4. The van der Waals surface area contributed by atoms with E-state index in [1.165, 1.54) is 0 Å². The van der Waals surface area contributed by atoms with Gasteiger partial charge in [0, 0.05) is 12.8 Å². The van der Waals surface area contributed by atoms with Gasteiger partial charge in [0.2, 0.25) is 0 Å². The largest absolute Gasteiger partial charge is 0.463 e. The van der Waals surface area contributed by atoms with Gasteiger partial charge in [-0.1, -0.05) is 33.1 Å². The van der Waals surface area contributed by atoms with Crippen LogP contribution in [0.4, 0.5) is 0 Å². The van der Waals surface area contributed by atoms with Gasteiger partial charge in [-0.05, 0) is 12.8 Å². The zero-order chi connectivity index (χ0) is 32.0. The number of hydrogen-bond acceptors (Lipinski definition) is 13. The molecule has 0 aromatic carbocycles. The first kappa shape index (κ1) is 42.6. The number of carbonyl (C=O) groups is 2. The summed E-state index contributed by atoms with van der Waals surface area (Å²) in [6, 6.07) is 0. The molecule has 0 aliphatic heterocycles. The molecule has 0 bridgehead atoms. The highest BCUT2D eigenvalue weighted by Gasteiger charge is 2.02. The topological polar surface area (TPSA) is 136 Å². The van der Waals surface area contributed by atoms with Crippen LogP contribution in [-0.4, -0.2) is 144 Å². The summed E-state index contributed by atoms with van der Waals surface area (Å²) in [5.41, 5.74) is 0. The number of unbranched alkanes of at least 4 members (excludes halogenated alkanes) is 3. The Morgan fingerprint density at radius 2 is 0.591 bits per heavy atom. The molecule has 0 fully saturated rings. The summed E-state index contributed by atoms with van der Waals surface area (Å²) in [5, 5.41) is 0. The van der Waals surface area contributed by atoms with E-state index in [4.69, 9.17) is 52.1 Å². The van der Waals surface area contributed by atoms with Gasteiger partial charge < -0.3 is 52.1 Å². The Morgan fingerprint density at radius 1 is 0.318 bits per heavy atom. The minimum atomic E-state index is -0.190. The SMILES string of the molecule is CCCCCCC(=O)OCCOCCOCCOCCOCCOCCOCCOCCOCCOCCOC(=O)CCC. The van der Waals surface area contributed by atoms with Crippen molar-refractivity contribution in [2.45, 2.75) is 58.8 Å². The van der Waals surface area contributed by atoms with E-state index < -0.39 is 0 Å². The monoisotopic (exact) mass is 640 g/mol. The van der Waals surface area contributed by atoms with Crippen LogP contribution in [0, 0.1) is 0 Å². The van der Waals surface area contributed by atoms with E-state index in [1.807, 2.05) is 6.92 Å². The average molecular weight is 641 g/mol. The maximum Gasteiger partial charge on any atom is 0.305 e. The van der Waals surface area contributed by atoms with Crippen molar-refractivity contribution in [1.29, 1.82) is 0 Å². The van der Waals surface area contributed by atoms with Crippen molar-refractivity contribution in [3.05, 3.63) is 0 Å². The van der Waals surface area contributed by atoms with Gasteiger partial charge in [0.1, 0.15) is 13.2 Å². The van der Waals surface area contributed by atoms with Crippen LogP contribution in [0.1, 0.15) is 58.8 Å². The number of carbonyl (C=O) groups excluding carboxylic acids is 2. The third-order valence-corrected chi connectivity index (χ3v) is 5.65. The summed E-state index contributed by atoms with van der Waals surface area (Å²) in [4.78, 5) is 22.7. The minimum Gasteiger partial charge on any atom is -0.463 e. The second-order valence-corrected chi connectivity index (χ2v) is 9.51. The Morgan fingerprint density at radius 3 is 0.864 bits per heavy atom. The second-order valence-electron chi connectivity index (χ2n) is 9.51. The van der Waals surface area contributed by atoms with Crippen molar-refractivity contribution in [2.75, 3.05) is 132 Å². The van der Waals surface area contributed by atoms with E-state index in [-0.39, 0.29) is 25.2 Å². The Hall–Kier alpha value is -1.42. The highest BCUT2D eigenvalue weighted by molar-refractivity contribution is 5.69. The zero-order valence-electron chi connectivity index (χ0n) is 27.4. The lowest BCUT2D eigenvalue weighted by Crippen LogP contribution is -2.15. The molecule has 0 aromatic heterocycles. The Kier molecular flexibility index (Phi) is 36.5. The van der Waals surface area contributed by atoms with Crippen LogP contribution in [0.25, 0.3) is 0 Å². The molecule has 0 radical (unpaired) electrons. The number of ether oxygens (including phenoxy) is 11. The molecule has 0 atom stereocenters. The summed E-state index contributed by atoms with van der Waals surface area (Å²) >= 11 is 0. The maximum absolute atomic E-state index is 11.5. The number of hydrogen-bond donors (Lipinski definition) is 0. The normalized spacial score (nSPS) is 11.2. The first-order valence-electron chi connectivity index (χ1n) is 16.2. The highest BCUT2D eigenvalue weighted by atomic mass is 16.6. The summed E-state index contributed by atoms with van der Waals surface area (Å²) in [6.45, 7) is 13.1. The third-order valence-electron chi connectivity index (χ3n) is 5.65. The number of rotatable bonds is 37. The Bertz CT molecular complexity index is 595. The molecular weight excluding hydrogens is 580 g/mol. The average Bonchev–Trinajstić information content (AvgIpc) is 3.02. The first-order chi connectivity index (χ1) is 21.7. The maximum atomic E-state index is 11.5. The molecule has 44 heavy (non-hydrogen) atoms. The van der Waals surface area contributed by atoms with Crippen molar-refractivity contribution >= 4 is 11.9 Å². The molecule has 0 saturated carbocycles. The van der Waals surface area contributed by atoms with Gasteiger partial charge in [-0.25, -0.2) is 0 Å². The minimum absolute atomic E-state index is 0.155. The standard InChI is InChI=1S/C31H60O13/c1-3-5-6-7-9-31(33)44-29-27-42-25-23-40-21-19-38-17-15-36-13-11-34-10-12-35-14-16-37-18-20-39-22-24-41-26-28-43-30(32)8-4-2/h3-29H2,1-2H3. The quantitative estimate of drug-likeness (QED) is 0.0728. The van der Waals surface area contributed by atoms with Crippen molar-refractivity contribution in [3.8, 4) is 0 Å². The lowest BCUT2D eigenvalue weighted by molar-refractivity contribution is -0.146. The molecule has 0 N–H and O–H groups in total. The lowest BCUT2D eigenvalue weighted by atomic mass is 10.2. The van der Waals surface area contributed by atoms with Crippen molar-refractivity contribution in [1.82, 2.24) is 0 Å². The smallest absolute Gasteiger partial charge is 0.305 e. The summed E-state index contributed by atoms with van der Waals surface area (Å²) < 4.78 is 58.9. The molecule has 0 heterocycles. The number of esters is 2. The van der Waals surface area contributed by atoms with E-state index in [0.717, 1.165) is 32.1 Å². The van der Waals surface area contributed by atoms with Crippen LogP contribution in [0.5, 0.6) is 0 Å². The fourth-order valence-electron chi connectivity index (χ4n) is 3.33. The molecule has 0 spiro atoms. The molecule has 0 rings (SSSR count). The molecule has 262 valence electrons. The fraction of sp³-hybridized carbons (Fsp3) is 0.935. The molecule has 0 aliphatic rings. The van der Waals surface area contributed by atoms with Crippen LogP contribution in [0.15, 0.2) is 0 Å². The molecule has 13 nitrogen and oxygen atoms in total. The van der Waals surface area contributed by atoms with Gasteiger partial charge in [0.05, 0.1) is 119 Å². The lowest BCUT2D eigenvalue weighted by Gasteiger charge is -2.09. The molecule has 0 saturated heterocycles. The predicted molar refractivity (Wildman–Crippen MR) is 163 cm³/mol. The van der Waals surface area contributed by atoms with E-state index >= 15 is 0 Å². The van der Waals surface area contributed by atoms with Gasteiger partial charge in [-0.15, -0.1) is 0 Å². The second kappa shape index (κ2) is 37.8. The Labute approximate surface area is 264 Å². The van der Waals surface area contributed by atoms with Crippen molar-refractivity contribution < 1.29 is 61.7 Å². The van der Waals surface area contributed by atoms with Crippen LogP contribution in [0.2, 0.25) is 0 Å². The summed E-state index contributed by atoms with van der Waals surface area (Å²) in [5.74, 6) is -0.345. The van der Waals surface area contributed by atoms with E-state index in [2.05, 4.69) is 6.92 Å². The molecular formula is C31H60O13. The van der Waals surface area contributed by atoms with Crippen LogP contribution < -0.4 is 0 Å². The molecule has 13 heteroatoms. The van der Waals surface area contributed by atoms with Gasteiger partial charge in [-0.3, -0.25) is 9.59 Å². The summed E-state index contributed by atoms with van der Waals surface area (Å²) in [6.07, 6.45) is 5.97.